The van der Waals surface area contributed by atoms with E-state index >= 15 is 0 Å². The predicted molar refractivity (Wildman–Crippen MR) is 91.1 cm³/mol. The predicted octanol–water partition coefficient (Wildman–Crippen LogP) is 3.15. The van der Waals surface area contributed by atoms with Gasteiger partial charge >= 0.3 is 0 Å². The molecule has 0 aliphatic rings. The normalized spacial score (nSPS) is 11.2. The van der Waals surface area contributed by atoms with Crippen LogP contribution in [0.5, 0.6) is 11.5 Å². The summed E-state index contributed by atoms with van der Waals surface area (Å²) in [5.74, 6) is 0.863. The summed E-state index contributed by atoms with van der Waals surface area (Å²) in [5, 5.41) is 0. The summed E-state index contributed by atoms with van der Waals surface area (Å²) in [5.41, 5.74) is 2.77. The topological polar surface area (TPSA) is 55.8 Å². The molecule has 0 spiro atoms. The van der Waals surface area contributed by atoms with Crippen molar-refractivity contribution >= 4 is 15.7 Å². The highest BCUT2D eigenvalue weighted by atomic mass is 32.2. The van der Waals surface area contributed by atoms with Gasteiger partial charge in [0.05, 0.1) is 24.8 Å². The third-order valence-corrected chi connectivity index (χ3v) is 5.65. The SMILES string of the molecule is COc1ccc(S(=O)(=O)N(C)c2ccc(C)c(C)c2)cc1OC. The third-order valence-electron chi connectivity index (χ3n) is 3.87. The first-order valence-electron chi connectivity index (χ1n) is 7.09. The first-order chi connectivity index (χ1) is 10.8. The smallest absolute Gasteiger partial charge is 0.264 e. The minimum atomic E-state index is -3.68. The van der Waals surface area contributed by atoms with Crippen LogP contribution >= 0.6 is 0 Å². The van der Waals surface area contributed by atoms with Crippen LogP contribution in [0, 0.1) is 13.8 Å². The lowest BCUT2D eigenvalue weighted by Crippen LogP contribution is -2.26. The molecule has 23 heavy (non-hydrogen) atoms. The van der Waals surface area contributed by atoms with Crippen LogP contribution in [0.25, 0.3) is 0 Å². The molecule has 0 bridgehead atoms. The van der Waals surface area contributed by atoms with Gasteiger partial charge in [0.2, 0.25) is 0 Å². The van der Waals surface area contributed by atoms with Gasteiger partial charge in [-0.3, -0.25) is 4.31 Å². The summed E-state index contributed by atoms with van der Waals surface area (Å²) >= 11 is 0. The van der Waals surface area contributed by atoms with E-state index in [9.17, 15) is 8.42 Å². The van der Waals surface area contributed by atoms with Crippen molar-refractivity contribution in [1.82, 2.24) is 0 Å². The number of ether oxygens (including phenoxy) is 2. The van der Waals surface area contributed by atoms with E-state index in [1.807, 2.05) is 26.0 Å². The molecule has 2 aromatic rings. The highest BCUT2D eigenvalue weighted by Gasteiger charge is 2.23. The second-order valence-electron chi connectivity index (χ2n) is 5.26. The van der Waals surface area contributed by atoms with Gasteiger partial charge in [0, 0.05) is 13.1 Å². The van der Waals surface area contributed by atoms with Crippen LogP contribution in [0.3, 0.4) is 0 Å². The second kappa shape index (κ2) is 6.50. The van der Waals surface area contributed by atoms with Gasteiger partial charge in [0.1, 0.15) is 0 Å². The molecule has 0 saturated carbocycles. The number of nitrogens with zero attached hydrogens (tertiary/aromatic N) is 1. The first-order valence-corrected chi connectivity index (χ1v) is 8.53. The van der Waals surface area contributed by atoms with E-state index in [1.54, 1.807) is 12.1 Å². The van der Waals surface area contributed by atoms with Crippen LogP contribution in [0.1, 0.15) is 11.1 Å². The molecular formula is C17H21NO4S. The lowest BCUT2D eigenvalue weighted by molar-refractivity contribution is 0.354. The summed E-state index contributed by atoms with van der Waals surface area (Å²) in [7, 11) is 0.837. The summed E-state index contributed by atoms with van der Waals surface area (Å²) < 4.78 is 37.2. The summed E-state index contributed by atoms with van der Waals surface area (Å²) in [6, 6.07) is 10.1. The fourth-order valence-electron chi connectivity index (χ4n) is 2.20. The van der Waals surface area contributed by atoms with Crippen molar-refractivity contribution in [2.75, 3.05) is 25.6 Å². The fourth-order valence-corrected chi connectivity index (χ4v) is 3.40. The van der Waals surface area contributed by atoms with Crippen LogP contribution in [0.4, 0.5) is 5.69 Å². The van der Waals surface area contributed by atoms with E-state index in [0.717, 1.165) is 11.1 Å². The summed E-state index contributed by atoms with van der Waals surface area (Å²) in [6.45, 7) is 3.94. The number of anilines is 1. The van der Waals surface area contributed by atoms with Crippen molar-refractivity contribution in [1.29, 1.82) is 0 Å². The number of rotatable bonds is 5. The Morgan fingerprint density at radius 1 is 0.870 bits per heavy atom. The summed E-state index contributed by atoms with van der Waals surface area (Å²) in [6.07, 6.45) is 0. The minimum absolute atomic E-state index is 0.149. The lowest BCUT2D eigenvalue weighted by atomic mass is 10.1. The van der Waals surface area contributed by atoms with Crippen molar-refractivity contribution < 1.29 is 17.9 Å². The van der Waals surface area contributed by atoms with Crippen LogP contribution in [0.15, 0.2) is 41.3 Å². The highest BCUT2D eigenvalue weighted by molar-refractivity contribution is 7.92. The van der Waals surface area contributed by atoms with Crippen molar-refractivity contribution in [2.24, 2.45) is 0 Å². The van der Waals surface area contributed by atoms with E-state index < -0.39 is 10.0 Å². The van der Waals surface area contributed by atoms with Gasteiger partial charge in [-0.25, -0.2) is 8.42 Å². The molecule has 0 aliphatic heterocycles. The fraction of sp³-hybridized carbons (Fsp3) is 0.294. The molecule has 0 N–H and O–H groups in total. The molecule has 2 aromatic carbocycles. The van der Waals surface area contributed by atoms with Crippen LogP contribution in [0.2, 0.25) is 0 Å². The van der Waals surface area contributed by atoms with E-state index in [-0.39, 0.29) is 4.90 Å². The largest absolute Gasteiger partial charge is 0.493 e. The Kier molecular flexibility index (Phi) is 4.85. The average Bonchev–Trinajstić information content (AvgIpc) is 2.55. The van der Waals surface area contributed by atoms with E-state index in [0.29, 0.717) is 17.2 Å². The molecule has 0 radical (unpaired) electrons. The van der Waals surface area contributed by atoms with Crippen molar-refractivity contribution in [3.63, 3.8) is 0 Å². The summed E-state index contributed by atoms with van der Waals surface area (Å²) in [4.78, 5) is 0.149. The van der Waals surface area contributed by atoms with Crippen LogP contribution in [-0.4, -0.2) is 29.7 Å². The molecule has 0 saturated heterocycles. The first kappa shape index (κ1) is 17.1. The van der Waals surface area contributed by atoms with Crippen molar-refractivity contribution in [3.8, 4) is 11.5 Å². The Morgan fingerprint density at radius 2 is 1.52 bits per heavy atom. The minimum Gasteiger partial charge on any atom is -0.493 e. The van der Waals surface area contributed by atoms with Gasteiger partial charge in [0.15, 0.2) is 11.5 Å². The van der Waals surface area contributed by atoms with E-state index in [2.05, 4.69) is 0 Å². The number of benzene rings is 2. The maximum absolute atomic E-state index is 12.8. The number of hydrogen-bond donors (Lipinski definition) is 0. The van der Waals surface area contributed by atoms with Crippen LogP contribution in [-0.2, 0) is 10.0 Å². The average molecular weight is 335 g/mol. The Balaban J connectivity index is 2.46. The molecule has 2 rings (SSSR count). The Bertz CT molecular complexity index is 815. The molecule has 6 heteroatoms. The standard InChI is InChI=1S/C17H21NO4S/c1-12-6-7-14(10-13(12)2)18(3)23(19,20)15-8-9-16(21-4)17(11-15)22-5/h6-11H,1-5H3. The quantitative estimate of drug-likeness (QED) is 0.842. The van der Waals surface area contributed by atoms with Gasteiger partial charge in [-0.15, -0.1) is 0 Å². The van der Waals surface area contributed by atoms with E-state index in [4.69, 9.17) is 9.47 Å². The molecule has 0 unspecified atom stereocenters. The molecular weight excluding hydrogens is 314 g/mol. The monoisotopic (exact) mass is 335 g/mol. The van der Waals surface area contributed by atoms with Gasteiger partial charge in [-0.2, -0.15) is 0 Å². The zero-order valence-electron chi connectivity index (χ0n) is 14.0. The number of aryl methyl sites for hydroxylation is 2. The molecule has 0 aliphatic carbocycles. The van der Waals surface area contributed by atoms with Gasteiger partial charge in [-0.1, -0.05) is 6.07 Å². The zero-order chi connectivity index (χ0) is 17.2. The van der Waals surface area contributed by atoms with Gasteiger partial charge < -0.3 is 9.47 Å². The maximum Gasteiger partial charge on any atom is 0.264 e. The zero-order valence-corrected chi connectivity index (χ0v) is 14.8. The molecule has 0 atom stereocenters. The molecule has 0 heterocycles. The Hall–Kier alpha value is -2.21. The van der Waals surface area contributed by atoms with Crippen molar-refractivity contribution in [2.45, 2.75) is 18.7 Å². The van der Waals surface area contributed by atoms with Crippen LogP contribution < -0.4 is 13.8 Å². The molecule has 124 valence electrons. The second-order valence-corrected chi connectivity index (χ2v) is 7.23. The number of methoxy groups -OCH3 is 2. The lowest BCUT2D eigenvalue weighted by Gasteiger charge is -2.21. The Labute approximate surface area is 137 Å². The van der Waals surface area contributed by atoms with Gasteiger partial charge in [-0.05, 0) is 49.2 Å². The highest BCUT2D eigenvalue weighted by Crippen LogP contribution is 2.31. The van der Waals surface area contributed by atoms with E-state index in [1.165, 1.54) is 37.7 Å². The van der Waals surface area contributed by atoms with Crippen molar-refractivity contribution in [3.05, 3.63) is 47.5 Å². The number of sulfonamides is 1. The Morgan fingerprint density at radius 3 is 2.09 bits per heavy atom. The third kappa shape index (κ3) is 3.27. The maximum atomic E-state index is 12.8. The molecule has 0 fully saturated rings. The number of hydrogen-bond acceptors (Lipinski definition) is 4. The molecule has 0 aromatic heterocycles. The molecule has 0 amide bonds. The molecule has 5 nitrogen and oxygen atoms in total. The van der Waals surface area contributed by atoms with Gasteiger partial charge in [0.25, 0.3) is 10.0 Å².